The van der Waals surface area contributed by atoms with Crippen molar-refractivity contribution in [2.75, 3.05) is 11.5 Å². The van der Waals surface area contributed by atoms with Crippen LogP contribution in [0.3, 0.4) is 0 Å². The van der Waals surface area contributed by atoms with E-state index in [1.54, 1.807) is 18.6 Å². The first-order valence-electron chi connectivity index (χ1n) is 10.2. The average molecular weight is 476 g/mol. The third kappa shape index (κ3) is 6.47. The van der Waals surface area contributed by atoms with Crippen LogP contribution in [0, 0.1) is 5.92 Å². The number of carbonyl (C=O) groups excluding carboxylic acids is 1. The highest BCUT2D eigenvalue weighted by Gasteiger charge is 2.31. The minimum atomic E-state index is -3.19. The van der Waals surface area contributed by atoms with E-state index in [-0.39, 0.29) is 17.9 Å². The van der Waals surface area contributed by atoms with Crippen molar-refractivity contribution in [2.24, 2.45) is 5.92 Å². The lowest BCUT2D eigenvalue weighted by Gasteiger charge is -2.38. The van der Waals surface area contributed by atoms with Gasteiger partial charge in [-0.15, -0.1) is 11.3 Å². The van der Waals surface area contributed by atoms with Gasteiger partial charge in [0.25, 0.3) is 0 Å². The predicted octanol–water partition coefficient (Wildman–Crippen LogP) is 5.47. The Kier molecular flexibility index (Phi) is 8.54. The molecule has 3 rings (SSSR count). The number of rotatable bonds is 10. The number of carbonyl (C=O) groups is 1. The van der Waals surface area contributed by atoms with E-state index in [9.17, 15) is 22.4 Å². The van der Waals surface area contributed by atoms with E-state index in [1.165, 1.54) is 29.5 Å². The molecule has 1 aromatic carbocycles. The molecule has 1 aromatic heterocycles. The van der Waals surface area contributed by atoms with Crippen molar-refractivity contribution in [1.29, 1.82) is 0 Å². The summed E-state index contributed by atoms with van der Waals surface area (Å²) in [6.45, 7) is -3.83. The SMILES string of the molecule is CCOC(=O)C1CCC(N(Cc2cncs2)c2ccc(OC(F)F)c(OC(F)F)c2)CC1. The number of ether oxygens (including phenoxy) is 3. The number of esters is 1. The Morgan fingerprint density at radius 2 is 1.81 bits per heavy atom. The molecule has 32 heavy (non-hydrogen) atoms. The van der Waals surface area contributed by atoms with Crippen molar-refractivity contribution in [1.82, 2.24) is 4.98 Å². The van der Waals surface area contributed by atoms with E-state index >= 15 is 0 Å². The normalized spacial score (nSPS) is 18.6. The third-order valence-corrected chi connectivity index (χ3v) is 6.02. The number of benzene rings is 1. The number of alkyl halides is 4. The van der Waals surface area contributed by atoms with Crippen LogP contribution in [0.15, 0.2) is 29.9 Å². The maximum atomic E-state index is 12.9. The van der Waals surface area contributed by atoms with Crippen LogP contribution < -0.4 is 14.4 Å². The molecule has 0 aliphatic heterocycles. The zero-order valence-corrected chi connectivity index (χ0v) is 18.2. The van der Waals surface area contributed by atoms with Crippen LogP contribution in [-0.2, 0) is 16.1 Å². The molecule has 0 amide bonds. The average Bonchev–Trinajstić information content (AvgIpc) is 3.26. The number of hydrogen-bond acceptors (Lipinski definition) is 7. The van der Waals surface area contributed by atoms with Crippen molar-refractivity contribution in [3.8, 4) is 11.5 Å². The molecule has 1 aliphatic rings. The number of hydrogen-bond donors (Lipinski definition) is 0. The maximum Gasteiger partial charge on any atom is 0.387 e. The minimum Gasteiger partial charge on any atom is -0.466 e. The van der Waals surface area contributed by atoms with E-state index in [4.69, 9.17) is 4.74 Å². The molecule has 0 spiro atoms. The molecular formula is C21H24F4N2O4S. The number of nitrogens with zero attached hydrogens (tertiary/aromatic N) is 2. The standard InChI is InChI=1S/C21H24F4N2O4S/c1-2-29-19(28)13-3-5-14(6-4-13)27(11-16-10-26-12-32-16)15-7-8-17(30-20(22)23)18(9-15)31-21(24)25/h7-10,12-14,20-21H,2-6,11H2,1H3. The van der Waals surface area contributed by atoms with Gasteiger partial charge in [0, 0.05) is 28.9 Å². The Balaban J connectivity index is 1.85. The summed E-state index contributed by atoms with van der Waals surface area (Å²) < 4.78 is 65.0. The minimum absolute atomic E-state index is 0.00374. The van der Waals surface area contributed by atoms with Gasteiger partial charge in [0.15, 0.2) is 11.5 Å². The topological polar surface area (TPSA) is 60.9 Å². The largest absolute Gasteiger partial charge is 0.466 e. The second-order valence-electron chi connectivity index (χ2n) is 7.24. The lowest BCUT2D eigenvalue weighted by Crippen LogP contribution is -2.39. The molecule has 0 atom stereocenters. The van der Waals surface area contributed by atoms with Gasteiger partial charge in [-0.05, 0) is 44.7 Å². The summed E-state index contributed by atoms with van der Waals surface area (Å²) in [4.78, 5) is 19.1. The zero-order valence-electron chi connectivity index (χ0n) is 17.4. The molecule has 0 bridgehead atoms. The van der Waals surface area contributed by atoms with Crippen molar-refractivity contribution in [3.05, 3.63) is 34.8 Å². The number of thiazole rings is 1. The summed E-state index contributed by atoms with van der Waals surface area (Å²) in [5.41, 5.74) is 2.21. The van der Waals surface area contributed by atoms with E-state index in [0.717, 1.165) is 4.88 Å². The molecule has 1 heterocycles. The van der Waals surface area contributed by atoms with Crippen LogP contribution >= 0.6 is 11.3 Å². The summed E-state index contributed by atoms with van der Waals surface area (Å²) in [7, 11) is 0. The molecular weight excluding hydrogens is 452 g/mol. The Bertz CT molecular complexity index is 861. The second kappa shape index (κ2) is 11.3. The van der Waals surface area contributed by atoms with Crippen molar-refractivity contribution in [3.63, 3.8) is 0 Å². The smallest absolute Gasteiger partial charge is 0.387 e. The molecule has 0 saturated heterocycles. The quantitative estimate of drug-likeness (QED) is 0.335. The summed E-state index contributed by atoms with van der Waals surface area (Å²) >= 11 is 1.45. The summed E-state index contributed by atoms with van der Waals surface area (Å²) in [5, 5.41) is 0. The molecule has 1 fully saturated rings. The van der Waals surface area contributed by atoms with E-state index in [0.29, 0.717) is 44.5 Å². The van der Waals surface area contributed by atoms with Gasteiger partial charge in [0.05, 0.1) is 24.6 Å². The van der Waals surface area contributed by atoms with Crippen LogP contribution in [0.1, 0.15) is 37.5 Å². The Hall–Kier alpha value is -2.56. The van der Waals surface area contributed by atoms with Gasteiger partial charge >= 0.3 is 19.2 Å². The van der Waals surface area contributed by atoms with E-state index < -0.39 is 24.7 Å². The lowest BCUT2D eigenvalue weighted by atomic mass is 9.85. The zero-order chi connectivity index (χ0) is 23.1. The van der Waals surface area contributed by atoms with Crippen LogP contribution in [0.5, 0.6) is 11.5 Å². The number of halogens is 4. The van der Waals surface area contributed by atoms with E-state index in [2.05, 4.69) is 14.5 Å². The fourth-order valence-corrected chi connectivity index (χ4v) is 4.45. The monoisotopic (exact) mass is 476 g/mol. The first-order valence-corrected chi connectivity index (χ1v) is 11.1. The van der Waals surface area contributed by atoms with Gasteiger partial charge in [-0.1, -0.05) is 0 Å². The Labute approximate surface area is 187 Å². The van der Waals surface area contributed by atoms with Crippen LogP contribution in [0.2, 0.25) is 0 Å². The molecule has 11 heteroatoms. The van der Waals surface area contributed by atoms with Crippen LogP contribution in [0.4, 0.5) is 23.2 Å². The highest BCUT2D eigenvalue weighted by molar-refractivity contribution is 7.09. The highest BCUT2D eigenvalue weighted by Crippen LogP contribution is 2.38. The van der Waals surface area contributed by atoms with Gasteiger partial charge in [0.1, 0.15) is 0 Å². The summed E-state index contributed by atoms with van der Waals surface area (Å²) in [6.07, 6.45) is 4.35. The Morgan fingerprint density at radius 1 is 1.12 bits per heavy atom. The molecule has 6 nitrogen and oxygen atoms in total. The van der Waals surface area contributed by atoms with Crippen molar-refractivity contribution < 1.29 is 36.6 Å². The van der Waals surface area contributed by atoms with E-state index in [1.807, 2.05) is 4.90 Å². The first kappa shape index (κ1) is 24.1. The maximum absolute atomic E-state index is 12.9. The number of aromatic nitrogens is 1. The fraction of sp³-hybridized carbons (Fsp3) is 0.524. The molecule has 2 aromatic rings. The van der Waals surface area contributed by atoms with Crippen molar-refractivity contribution >= 4 is 23.0 Å². The molecule has 0 N–H and O–H groups in total. The van der Waals surface area contributed by atoms with Crippen LogP contribution in [-0.4, -0.2) is 36.8 Å². The fourth-order valence-electron chi connectivity index (χ4n) is 3.86. The second-order valence-corrected chi connectivity index (χ2v) is 8.21. The number of anilines is 1. The van der Waals surface area contributed by atoms with Gasteiger partial charge in [0.2, 0.25) is 0 Å². The highest BCUT2D eigenvalue weighted by atomic mass is 32.1. The predicted molar refractivity (Wildman–Crippen MR) is 110 cm³/mol. The van der Waals surface area contributed by atoms with Crippen LogP contribution in [0.25, 0.3) is 0 Å². The molecule has 0 unspecified atom stereocenters. The molecule has 0 radical (unpaired) electrons. The Morgan fingerprint density at radius 3 is 2.41 bits per heavy atom. The van der Waals surface area contributed by atoms with Gasteiger partial charge < -0.3 is 19.1 Å². The third-order valence-electron chi connectivity index (χ3n) is 5.26. The molecule has 1 aliphatic carbocycles. The molecule has 176 valence electrons. The lowest BCUT2D eigenvalue weighted by molar-refractivity contribution is -0.149. The van der Waals surface area contributed by atoms with Gasteiger partial charge in [-0.25, -0.2) is 0 Å². The first-order chi connectivity index (χ1) is 15.4. The summed E-state index contributed by atoms with van der Waals surface area (Å²) in [6, 6.07) is 4.02. The molecule has 1 saturated carbocycles. The van der Waals surface area contributed by atoms with Gasteiger partial charge in [-0.2, -0.15) is 17.6 Å². The van der Waals surface area contributed by atoms with Crippen molar-refractivity contribution in [2.45, 2.75) is 58.4 Å². The van der Waals surface area contributed by atoms with Gasteiger partial charge in [-0.3, -0.25) is 9.78 Å². The summed E-state index contributed by atoms with van der Waals surface area (Å²) in [5.74, 6) is -1.31.